The number of hydrogen-bond donors (Lipinski definition) is 1. The van der Waals surface area contributed by atoms with Crippen LogP contribution in [0, 0.1) is 0 Å². The van der Waals surface area contributed by atoms with E-state index in [0.717, 1.165) is 37.8 Å². The number of nitrogens with zero attached hydrogens (tertiary/aromatic N) is 2. The predicted octanol–water partition coefficient (Wildman–Crippen LogP) is 2.97. The fraction of sp³-hybridized carbons (Fsp3) is 0.600. The summed E-state index contributed by atoms with van der Waals surface area (Å²) >= 11 is 0. The van der Waals surface area contributed by atoms with Crippen molar-refractivity contribution >= 4 is 11.9 Å². The zero-order chi connectivity index (χ0) is 18.2. The molecule has 25 heavy (non-hydrogen) atoms. The van der Waals surface area contributed by atoms with Crippen LogP contribution in [0.1, 0.15) is 51.0 Å². The van der Waals surface area contributed by atoms with Gasteiger partial charge in [0.1, 0.15) is 0 Å². The summed E-state index contributed by atoms with van der Waals surface area (Å²) < 4.78 is 0. The van der Waals surface area contributed by atoms with Gasteiger partial charge in [-0.1, -0.05) is 50.6 Å². The first-order valence-corrected chi connectivity index (χ1v) is 9.36. The number of amides is 1. The van der Waals surface area contributed by atoms with Crippen LogP contribution in [0.4, 0.5) is 0 Å². The molecule has 0 aromatic heterocycles. The van der Waals surface area contributed by atoms with Gasteiger partial charge in [-0.25, -0.2) is 0 Å². The van der Waals surface area contributed by atoms with Crippen molar-refractivity contribution in [3.63, 3.8) is 0 Å². The van der Waals surface area contributed by atoms with Gasteiger partial charge in [0.15, 0.2) is 0 Å². The molecular weight excluding hydrogens is 316 g/mol. The van der Waals surface area contributed by atoms with Gasteiger partial charge in [0.25, 0.3) is 0 Å². The number of carbonyl (C=O) groups is 2. The summed E-state index contributed by atoms with van der Waals surface area (Å²) in [6.07, 6.45) is 3.54. The van der Waals surface area contributed by atoms with Gasteiger partial charge < -0.3 is 10.0 Å². The van der Waals surface area contributed by atoms with E-state index in [0.29, 0.717) is 13.1 Å². The molecule has 2 rings (SSSR count). The number of carbonyl (C=O) groups excluding carboxylic acids is 1. The largest absolute Gasteiger partial charge is 0.480 e. The second-order valence-electron chi connectivity index (χ2n) is 6.77. The van der Waals surface area contributed by atoms with Crippen LogP contribution in [0.2, 0.25) is 0 Å². The molecule has 0 aliphatic carbocycles. The smallest absolute Gasteiger partial charge is 0.317 e. The van der Waals surface area contributed by atoms with E-state index >= 15 is 0 Å². The minimum atomic E-state index is -0.785. The van der Waals surface area contributed by atoms with Crippen LogP contribution < -0.4 is 0 Å². The topological polar surface area (TPSA) is 60.9 Å². The highest BCUT2D eigenvalue weighted by Gasteiger charge is 2.30. The van der Waals surface area contributed by atoms with E-state index in [1.54, 1.807) is 0 Å². The summed E-state index contributed by atoms with van der Waals surface area (Å²) in [5.41, 5.74) is 1.09. The van der Waals surface area contributed by atoms with E-state index in [1.807, 2.05) is 47.1 Å². The third-order valence-electron chi connectivity index (χ3n) is 5.11. The average molecular weight is 346 g/mol. The van der Waals surface area contributed by atoms with Crippen LogP contribution in [-0.2, 0) is 9.59 Å². The first-order chi connectivity index (χ1) is 12.1. The third-order valence-corrected chi connectivity index (χ3v) is 5.11. The minimum absolute atomic E-state index is 0.0657. The fourth-order valence-corrected chi connectivity index (χ4v) is 3.75. The Balaban J connectivity index is 1.98. The molecule has 1 unspecified atom stereocenters. The second-order valence-corrected chi connectivity index (χ2v) is 6.77. The molecule has 1 fully saturated rings. The van der Waals surface area contributed by atoms with Crippen molar-refractivity contribution in [1.29, 1.82) is 0 Å². The van der Waals surface area contributed by atoms with Crippen LogP contribution in [0.3, 0.4) is 0 Å². The van der Waals surface area contributed by atoms with E-state index in [4.69, 9.17) is 5.11 Å². The summed E-state index contributed by atoms with van der Waals surface area (Å²) in [7, 11) is 0. The molecule has 5 nitrogen and oxygen atoms in total. The normalized spacial score (nSPS) is 16.8. The van der Waals surface area contributed by atoms with E-state index in [1.165, 1.54) is 0 Å². The molecule has 1 atom stereocenters. The molecule has 1 saturated heterocycles. The van der Waals surface area contributed by atoms with E-state index in [9.17, 15) is 9.59 Å². The molecule has 0 bridgehead atoms. The molecule has 5 heteroatoms. The zero-order valence-corrected chi connectivity index (χ0v) is 15.4. The highest BCUT2D eigenvalue weighted by molar-refractivity contribution is 5.83. The molecular formula is C20H30N2O3. The molecule has 138 valence electrons. The first-order valence-electron chi connectivity index (χ1n) is 9.36. The molecule has 1 aliphatic rings. The Hall–Kier alpha value is -1.88. The Morgan fingerprint density at radius 1 is 1.20 bits per heavy atom. The van der Waals surface area contributed by atoms with E-state index < -0.39 is 5.97 Å². The Bertz CT molecular complexity index is 553. The molecule has 0 radical (unpaired) electrons. The van der Waals surface area contributed by atoms with Crippen LogP contribution in [0.5, 0.6) is 0 Å². The summed E-state index contributed by atoms with van der Waals surface area (Å²) in [4.78, 5) is 28.0. The van der Waals surface area contributed by atoms with Crippen molar-refractivity contribution in [1.82, 2.24) is 9.80 Å². The predicted molar refractivity (Wildman–Crippen MR) is 98.6 cm³/mol. The van der Waals surface area contributed by atoms with Crippen LogP contribution >= 0.6 is 0 Å². The number of aliphatic carboxylic acids is 1. The zero-order valence-electron chi connectivity index (χ0n) is 15.4. The minimum Gasteiger partial charge on any atom is -0.480 e. The molecule has 1 aliphatic heterocycles. The number of carboxylic acid groups (broad SMARTS) is 1. The molecule has 1 N–H and O–H groups in total. The lowest BCUT2D eigenvalue weighted by molar-refractivity contribution is -0.140. The standard InChI is InChI=1S/C20H30N2O3/c1-3-8-18(16-9-6-5-7-10-16)20(25)22-13-11-17(12-14-22)21(4-2)15-19(23)24/h5-7,9-10,17-18H,3-4,8,11-15H2,1-2H3,(H,23,24). The van der Waals surface area contributed by atoms with Crippen molar-refractivity contribution in [3.8, 4) is 0 Å². The number of carboxylic acids is 1. The quantitative estimate of drug-likeness (QED) is 0.786. The molecule has 1 heterocycles. The molecule has 1 aromatic rings. The summed E-state index contributed by atoms with van der Waals surface area (Å²) in [6.45, 7) is 6.35. The van der Waals surface area contributed by atoms with Crippen molar-refractivity contribution in [3.05, 3.63) is 35.9 Å². The lowest BCUT2D eigenvalue weighted by Gasteiger charge is -2.38. The highest BCUT2D eigenvalue weighted by Crippen LogP contribution is 2.26. The van der Waals surface area contributed by atoms with Gasteiger partial charge in [0, 0.05) is 19.1 Å². The monoisotopic (exact) mass is 346 g/mol. The van der Waals surface area contributed by atoms with Gasteiger partial charge in [-0.2, -0.15) is 0 Å². The number of likely N-dealkylation sites (N-methyl/N-ethyl adjacent to an activating group) is 1. The number of benzene rings is 1. The van der Waals surface area contributed by atoms with Crippen molar-refractivity contribution < 1.29 is 14.7 Å². The maximum absolute atomic E-state index is 13.0. The van der Waals surface area contributed by atoms with E-state index in [2.05, 4.69) is 6.92 Å². The van der Waals surface area contributed by atoms with Gasteiger partial charge in [-0.3, -0.25) is 14.5 Å². The average Bonchev–Trinajstić information content (AvgIpc) is 2.64. The van der Waals surface area contributed by atoms with Crippen molar-refractivity contribution in [2.24, 2.45) is 0 Å². The third kappa shape index (κ3) is 5.30. The Morgan fingerprint density at radius 3 is 2.36 bits per heavy atom. The van der Waals surface area contributed by atoms with Gasteiger partial charge in [0.05, 0.1) is 12.5 Å². The second kappa shape index (κ2) is 9.56. The summed E-state index contributed by atoms with van der Waals surface area (Å²) in [5, 5.41) is 9.04. The first kappa shape index (κ1) is 19.4. The molecule has 0 saturated carbocycles. The lowest BCUT2D eigenvalue weighted by Crippen LogP contribution is -2.49. The van der Waals surface area contributed by atoms with E-state index in [-0.39, 0.29) is 24.4 Å². The SMILES string of the molecule is CCCC(C(=O)N1CCC(N(CC)CC(=O)O)CC1)c1ccccc1. The number of likely N-dealkylation sites (tertiary alicyclic amines) is 1. The Morgan fingerprint density at radius 2 is 1.84 bits per heavy atom. The van der Waals surface area contributed by atoms with Gasteiger partial charge in [-0.15, -0.1) is 0 Å². The number of hydrogen-bond acceptors (Lipinski definition) is 3. The van der Waals surface area contributed by atoms with Gasteiger partial charge in [-0.05, 0) is 31.4 Å². The lowest BCUT2D eigenvalue weighted by atomic mass is 9.92. The Kier molecular flexibility index (Phi) is 7.44. The van der Waals surface area contributed by atoms with Gasteiger partial charge in [0.2, 0.25) is 5.91 Å². The number of piperidine rings is 1. The molecule has 0 spiro atoms. The van der Waals surface area contributed by atoms with Gasteiger partial charge >= 0.3 is 5.97 Å². The van der Waals surface area contributed by atoms with Crippen molar-refractivity contribution in [2.75, 3.05) is 26.2 Å². The molecule has 1 amide bonds. The summed E-state index contributed by atoms with van der Waals surface area (Å²) in [5.74, 6) is -0.635. The fourth-order valence-electron chi connectivity index (χ4n) is 3.75. The van der Waals surface area contributed by atoms with Crippen LogP contribution in [0.15, 0.2) is 30.3 Å². The maximum Gasteiger partial charge on any atom is 0.317 e. The molecule has 1 aromatic carbocycles. The summed E-state index contributed by atoms with van der Waals surface area (Å²) in [6, 6.07) is 10.3. The number of rotatable bonds is 8. The van der Waals surface area contributed by atoms with Crippen LogP contribution in [0.25, 0.3) is 0 Å². The van der Waals surface area contributed by atoms with Crippen LogP contribution in [-0.4, -0.2) is 59.0 Å². The highest BCUT2D eigenvalue weighted by atomic mass is 16.4. The Labute approximate surface area is 150 Å². The maximum atomic E-state index is 13.0. The van der Waals surface area contributed by atoms with Crippen molar-refractivity contribution in [2.45, 2.75) is 51.5 Å².